The summed E-state index contributed by atoms with van der Waals surface area (Å²) < 4.78 is 48.3. The van der Waals surface area contributed by atoms with Crippen molar-refractivity contribution in [2.45, 2.75) is 56.6 Å². The minimum Gasteiger partial charge on any atom is -0.375 e. The summed E-state index contributed by atoms with van der Waals surface area (Å²) in [5.74, 6) is -1.60. The van der Waals surface area contributed by atoms with Crippen LogP contribution in [0, 0.1) is 6.92 Å². The molecule has 2 fully saturated rings. The molecule has 2 aliphatic rings. The molecule has 2 N–H and O–H groups in total. The molecular formula is C28H33ClF3N3O4. The molecular weight excluding hydrogens is 535 g/mol. The van der Waals surface area contributed by atoms with E-state index in [0.29, 0.717) is 29.0 Å². The van der Waals surface area contributed by atoms with E-state index in [-0.39, 0.29) is 31.2 Å². The summed E-state index contributed by atoms with van der Waals surface area (Å²) in [5.41, 5.74) is -2.22. The number of anilines is 1. The number of hydrogen-bond acceptors (Lipinski definition) is 5. The molecule has 0 spiro atoms. The SMILES string of the molecule is CNC(=O)c1ccc(N2CCC(OC3CCN(C(=O)C(O)(c4cccc(C)c4)C(F)(F)F)CC3)CC2)cc1Cl. The summed E-state index contributed by atoms with van der Waals surface area (Å²) in [6, 6.07) is 10.7. The van der Waals surface area contributed by atoms with E-state index in [2.05, 4.69) is 10.2 Å². The Hall–Kier alpha value is -2.82. The third kappa shape index (κ3) is 6.18. The number of ether oxygens (including phenoxy) is 1. The van der Waals surface area contributed by atoms with E-state index in [1.807, 2.05) is 6.07 Å². The fraction of sp³-hybridized carbons (Fsp3) is 0.500. The number of aliphatic hydroxyl groups is 1. The standard InChI is InChI=1S/C28H33ClF3N3O4/c1-18-4-3-5-19(16-18)27(38,28(30,31)32)26(37)35-14-10-22(11-15-35)39-21-8-12-34(13-9-21)20-6-7-23(24(29)17-20)25(36)33-2/h3-7,16-17,21-22,38H,8-15H2,1-2H3,(H,33,36). The molecule has 2 aliphatic heterocycles. The lowest BCUT2D eigenvalue weighted by molar-refractivity contribution is -0.262. The van der Waals surface area contributed by atoms with Crippen LogP contribution in [0.25, 0.3) is 0 Å². The predicted molar refractivity (Wildman–Crippen MR) is 142 cm³/mol. The quantitative estimate of drug-likeness (QED) is 0.540. The molecule has 0 aliphatic carbocycles. The van der Waals surface area contributed by atoms with Crippen LogP contribution < -0.4 is 10.2 Å². The van der Waals surface area contributed by atoms with Gasteiger partial charge in [-0.2, -0.15) is 13.2 Å². The Morgan fingerprint density at radius 3 is 2.15 bits per heavy atom. The second-order valence-electron chi connectivity index (χ2n) is 10.1. The summed E-state index contributed by atoms with van der Waals surface area (Å²) in [5, 5.41) is 13.6. The van der Waals surface area contributed by atoms with Crippen molar-refractivity contribution >= 4 is 29.1 Å². The van der Waals surface area contributed by atoms with Gasteiger partial charge in [0.15, 0.2) is 0 Å². The van der Waals surface area contributed by atoms with Gasteiger partial charge in [0, 0.05) is 44.5 Å². The van der Waals surface area contributed by atoms with Gasteiger partial charge in [0.25, 0.3) is 17.4 Å². The molecule has 0 aromatic heterocycles. The van der Waals surface area contributed by atoms with Gasteiger partial charge in [-0.3, -0.25) is 9.59 Å². The molecule has 4 rings (SSSR count). The zero-order chi connectivity index (χ0) is 28.4. The van der Waals surface area contributed by atoms with Gasteiger partial charge in [0.2, 0.25) is 0 Å². The summed E-state index contributed by atoms with van der Waals surface area (Å²) in [6.07, 6.45) is -3.04. The third-order valence-corrected chi connectivity index (χ3v) is 7.81. The number of likely N-dealkylation sites (tertiary alicyclic amines) is 1. The Balaban J connectivity index is 1.31. The normalized spacial score (nSPS) is 19.1. The Bertz CT molecular complexity index is 1190. The second-order valence-corrected chi connectivity index (χ2v) is 10.5. The fourth-order valence-corrected chi connectivity index (χ4v) is 5.50. The van der Waals surface area contributed by atoms with Crippen molar-refractivity contribution in [3.8, 4) is 0 Å². The summed E-state index contributed by atoms with van der Waals surface area (Å²) in [6.45, 7) is 3.21. The maximum Gasteiger partial charge on any atom is 0.430 e. The largest absolute Gasteiger partial charge is 0.430 e. The lowest BCUT2D eigenvalue weighted by Crippen LogP contribution is -2.57. The van der Waals surface area contributed by atoms with Gasteiger partial charge in [-0.25, -0.2) is 0 Å². The maximum atomic E-state index is 14.0. The molecule has 0 radical (unpaired) electrons. The zero-order valence-electron chi connectivity index (χ0n) is 21.9. The molecule has 11 heteroatoms. The highest BCUT2D eigenvalue weighted by molar-refractivity contribution is 6.34. The lowest BCUT2D eigenvalue weighted by atomic mass is 9.89. The van der Waals surface area contributed by atoms with Gasteiger partial charge < -0.3 is 25.0 Å². The molecule has 212 valence electrons. The van der Waals surface area contributed by atoms with Crippen LogP contribution in [0.1, 0.15) is 47.2 Å². The number of piperidine rings is 2. The molecule has 2 saturated heterocycles. The Morgan fingerprint density at radius 1 is 1.00 bits per heavy atom. The molecule has 2 amide bonds. The fourth-order valence-electron chi connectivity index (χ4n) is 5.24. The van der Waals surface area contributed by atoms with Crippen molar-refractivity contribution in [3.05, 3.63) is 64.2 Å². The molecule has 39 heavy (non-hydrogen) atoms. The van der Waals surface area contributed by atoms with Gasteiger partial charge in [-0.15, -0.1) is 0 Å². The van der Waals surface area contributed by atoms with Crippen LogP contribution in [0.4, 0.5) is 18.9 Å². The van der Waals surface area contributed by atoms with Crippen LogP contribution in [0.5, 0.6) is 0 Å². The smallest absolute Gasteiger partial charge is 0.375 e. The van der Waals surface area contributed by atoms with Gasteiger partial charge in [-0.1, -0.05) is 41.4 Å². The van der Waals surface area contributed by atoms with Gasteiger partial charge in [-0.05, 0) is 50.8 Å². The average molecular weight is 568 g/mol. The highest BCUT2D eigenvalue weighted by Gasteiger charge is 2.62. The van der Waals surface area contributed by atoms with Crippen molar-refractivity contribution in [1.29, 1.82) is 0 Å². The molecule has 2 heterocycles. The third-order valence-electron chi connectivity index (χ3n) is 7.50. The number of benzene rings is 2. The number of alkyl halides is 3. The molecule has 2 aromatic rings. The number of halogens is 4. The second kappa shape index (κ2) is 11.7. The Labute approximate surface area is 230 Å². The number of hydrogen-bond donors (Lipinski definition) is 2. The maximum absolute atomic E-state index is 14.0. The van der Waals surface area contributed by atoms with Crippen LogP contribution in [0.3, 0.4) is 0 Å². The predicted octanol–water partition coefficient (Wildman–Crippen LogP) is 4.43. The van der Waals surface area contributed by atoms with Crippen LogP contribution in [0.2, 0.25) is 5.02 Å². The summed E-state index contributed by atoms with van der Waals surface area (Å²) >= 11 is 6.29. The van der Waals surface area contributed by atoms with E-state index < -0.39 is 23.2 Å². The number of carbonyl (C=O) groups is 2. The topological polar surface area (TPSA) is 82.1 Å². The molecule has 2 aromatic carbocycles. The number of rotatable bonds is 6. The van der Waals surface area contributed by atoms with E-state index in [0.717, 1.165) is 42.6 Å². The number of amides is 2. The van der Waals surface area contributed by atoms with Crippen LogP contribution in [-0.4, -0.2) is 73.4 Å². The number of aryl methyl sites for hydroxylation is 1. The highest BCUT2D eigenvalue weighted by atomic mass is 35.5. The minimum atomic E-state index is -5.16. The first-order valence-corrected chi connectivity index (χ1v) is 13.4. The van der Waals surface area contributed by atoms with Gasteiger partial charge in [0.1, 0.15) is 0 Å². The Kier molecular flexibility index (Phi) is 8.78. The molecule has 0 bridgehead atoms. The first kappa shape index (κ1) is 29.2. The highest BCUT2D eigenvalue weighted by Crippen LogP contribution is 2.41. The van der Waals surface area contributed by atoms with E-state index >= 15 is 0 Å². The van der Waals surface area contributed by atoms with Gasteiger partial charge >= 0.3 is 6.18 Å². The van der Waals surface area contributed by atoms with Crippen molar-refractivity contribution in [2.75, 3.05) is 38.1 Å². The summed E-state index contributed by atoms with van der Waals surface area (Å²) in [4.78, 5) is 28.2. The van der Waals surface area contributed by atoms with Gasteiger partial charge in [0.05, 0.1) is 22.8 Å². The van der Waals surface area contributed by atoms with E-state index in [4.69, 9.17) is 16.3 Å². The van der Waals surface area contributed by atoms with E-state index in [9.17, 15) is 27.9 Å². The number of carbonyl (C=O) groups excluding carboxylic acids is 2. The van der Waals surface area contributed by atoms with Crippen molar-refractivity contribution in [2.24, 2.45) is 0 Å². The monoisotopic (exact) mass is 567 g/mol. The van der Waals surface area contributed by atoms with Crippen molar-refractivity contribution in [3.63, 3.8) is 0 Å². The number of nitrogens with zero attached hydrogens (tertiary/aromatic N) is 2. The number of nitrogens with one attached hydrogen (secondary N) is 1. The van der Waals surface area contributed by atoms with Crippen molar-refractivity contribution in [1.82, 2.24) is 10.2 Å². The van der Waals surface area contributed by atoms with E-state index in [1.54, 1.807) is 32.2 Å². The first-order chi connectivity index (χ1) is 18.4. The zero-order valence-corrected chi connectivity index (χ0v) is 22.7. The molecule has 1 unspecified atom stereocenters. The molecule has 0 saturated carbocycles. The van der Waals surface area contributed by atoms with Crippen molar-refractivity contribution < 1.29 is 32.6 Å². The first-order valence-electron chi connectivity index (χ1n) is 13.0. The van der Waals surface area contributed by atoms with Crippen LogP contribution in [-0.2, 0) is 15.1 Å². The molecule has 7 nitrogen and oxygen atoms in total. The van der Waals surface area contributed by atoms with E-state index in [1.165, 1.54) is 12.1 Å². The summed E-state index contributed by atoms with van der Waals surface area (Å²) in [7, 11) is 1.55. The minimum absolute atomic E-state index is 0.00600. The van der Waals surface area contributed by atoms with Crippen LogP contribution in [0.15, 0.2) is 42.5 Å². The molecule has 1 atom stereocenters. The Morgan fingerprint density at radius 2 is 1.62 bits per heavy atom. The van der Waals surface area contributed by atoms with Crippen LogP contribution >= 0.6 is 11.6 Å². The average Bonchev–Trinajstić information content (AvgIpc) is 2.92. The lowest BCUT2D eigenvalue weighted by Gasteiger charge is -2.40.